The van der Waals surface area contributed by atoms with Crippen LogP contribution in [0.4, 0.5) is 5.69 Å². The van der Waals surface area contributed by atoms with Crippen LogP contribution in [0.3, 0.4) is 0 Å². The molecular formula is C14H11N3O2. The van der Waals surface area contributed by atoms with E-state index < -0.39 is 5.97 Å². The van der Waals surface area contributed by atoms with Gasteiger partial charge in [-0.05, 0) is 22.7 Å². The van der Waals surface area contributed by atoms with Crippen LogP contribution in [0.25, 0.3) is 21.6 Å². The zero-order chi connectivity index (χ0) is 13.7. The van der Waals surface area contributed by atoms with E-state index in [0.29, 0.717) is 22.4 Å². The van der Waals surface area contributed by atoms with Gasteiger partial charge in [-0.25, -0.2) is 4.79 Å². The van der Waals surface area contributed by atoms with Gasteiger partial charge in [-0.3, -0.25) is 0 Å². The fourth-order valence-electron chi connectivity index (χ4n) is 1.84. The van der Waals surface area contributed by atoms with Gasteiger partial charge < -0.3 is 4.74 Å². The minimum atomic E-state index is -0.425. The average Bonchev–Trinajstić information content (AvgIpc) is 2.47. The van der Waals surface area contributed by atoms with E-state index in [4.69, 9.17) is 10.3 Å². The summed E-state index contributed by atoms with van der Waals surface area (Å²) in [7, 11) is 1.33. The number of hydrogen-bond acceptors (Lipinski definition) is 3. The first-order chi connectivity index (χ1) is 9.27. The normalized spacial score (nSPS) is 9.53. The third-order valence-electron chi connectivity index (χ3n) is 2.68. The van der Waals surface area contributed by atoms with Gasteiger partial charge in [-0.15, -0.1) is 0 Å². The molecule has 0 aliphatic heterocycles. The molecule has 0 atom stereocenters. The molecule has 0 unspecified atom stereocenters. The van der Waals surface area contributed by atoms with Crippen LogP contribution < -0.4 is 0 Å². The Kier molecular flexibility index (Phi) is 3.81. The number of nitrogens with zero attached hydrogens (tertiary/aromatic N) is 3. The van der Waals surface area contributed by atoms with E-state index in [1.807, 2.05) is 12.1 Å². The van der Waals surface area contributed by atoms with Crippen molar-refractivity contribution >= 4 is 11.7 Å². The monoisotopic (exact) mass is 253 g/mol. The van der Waals surface area contributed by atoms with Crippen molar-refractivity contribution in [2.24, 2.45) is 5.11 Å². The summed E-state index contributed by atoms with van der Waals surface area (Å²) in [4.78, 5) is 14.5. The van der Waals surface area contributed by atoms with E-state index in [9.17, 15) is 4.79 Å². The molecule has 0 saturated carbocycles. The second kappa shape index (κ2) is 5.71. The second-order valence-electron chi connectivity index (χ2n) is 3.74. The van der Waals surface area contributed by atoms with Crippen LogP contribution in [-0.4, -0.2) is 13.1 Å². The maximum atomic E-state index is 11.8. The van der Waals surface area contributed by atoms with Crippen molar-refractivity contribution in [1.82, 2.24) is 0 Å². The Hall–Kier alpha value is -2.78. The molecule has 0 N–H and O–H groups in total. The van der Waals surface area contributed by atoms with Crippen molar-refractivity contribution in [3.8, 4) is 11.1 Å². The number of benzene rings is 2. The molecule has 2 rings (SSSR count). The molecule has 0 spiro atoms. The minimum absolute atomic E-state index is 0.425. The molecule has 5 heteroatoms. The van der Waals surface area contributed by atoms with Gasteiger partial charge in [0.15, 0.2) is 0 Å². The SMILES string of the molecule is COC(=O)c1ccccc1-c1ccccc1N=[N+]=[N-]. The highest BCUT2D eigenvalue weighted by atomic mass is 16.5. The smallest absolute Gasteiger partial charge is 0.338 e. The Morgan fingerprint density at radius 2 is 1.74 bits per heavy atom. The Labute approximate surface area is 110 Å². The summed E-state index contributed by atoms with van der Waals surface area (Å²) in [6.07, 6.45) is 0. The summed E-state index contributed by atoms with van der Waals surface area (Å²) in [5.74, 6) is -0.425. The predicted molar refractivity (Wildman–Crippen MR) is 72.0 cm³/mol. The minimum Gasteiger partial charge on any atom is -0.465 e. The molecule has 0 heterocycles. The molecule has 0 radical (unpaired) electrons. The maximum absolute atomic E-state index is 11.8. The number of carbonyl (C=O) groups is 1. The number of esters is 1. The number of ether oxygens (including phenoxy) is 1. The Bertz CT molecular complexity index is 661. The summed E-state index contributed by atoms with van der Waals surface area (Å²) >= 11 is 0. The van der Waals surface area contributed by atoms with Gasteiger partial charge >= 0.3 is 5.97 Å². The van der Waals surface area contributed by atoms with Gasteiger partial charge in [0, 0.05) is 10.6 Å². The van der Waals surface area contributed by atoms with Crippen LogP contribution >= 0.6 is 0 Å². The van der Waals surface area contributed by atoms with Gasteiger partial charge in [-0.1, -0.05) is 47.6 Å². The molecule has 2 aromatic rings. The van der Waals surface area contributed by atoms with Crippen LogP contribution in [0.2, 0.25) is 0 Å². The highest BCUT2D eigenvalue weighted by Gasteiger charge is 2.14. The van der Waals surface area contributed by atoms with E-state index in [0.717, 1.165) is 0 Å². The molecule has 0 aromatic heterocycles. The topological polar surface area (TPSA) is 75.1 Å². The standard InChI is InChI=1S/C14H11N3O2/c1-19-14(18)12-8-3-2-6-10(12)11-7-4-5-9-13(11)16-17-15/h2-9H,1H3. The van der Waals surface area contributed by atoms with E-state index in [1.54, 1.807) is 36.4 Å². The molecule has 0 aliphatic carbocycles. The van der Waals surface area contributed by atoms with E-state index in [2.05, 4.69) is 10.0 Å². The molecule has 5 nitrogen and oxygen atoms in total. The van der Waals surface area contributed by atoms with E-state index >= 15 is 0 Å². The van der Waals surface area contributed by atoms with Crippen LogP contribution in [0.15, 0.2) is 53.6 Å². The molecule has 2 aromatic carbocycles. The van der Waals surface area contributed by atoms with Crippen LogP contribution in [0.5, 0.6) is 0 Å². The molecule has 0 amide bonds. The predicted octanol–water partition coefficient (Wildman–Crippen LogP) is 4.08. The summed E-state index contributed by atoms with van der Waals surface area (Å²) in [6.45, 7) is 0. The number of hydrogen-bond donors (Lipinski definition) is 0. The van der Waals surface area contributed by atoms with Crippen molar-refractivity contribution in [2.45, 2.75) is 0 Å². The Morgan fingerprint density at radius 1 is 1.11 bits per heavy atom. The summed E-state index contributed by atoms with van der Waals surface area (Å²) in [6, 6.07) is 14.1. The van der Waals surface area contributed by atoms with E-state index in [1.165, 1.54) is 7.11 Å². The van der Waals surface area contributed by atoms with Gasteiger partial charge in [0.05, 0.1) is 12.7 Å². The summed E-state index contributed by atoms with van der Waals surface area (Å²) in [5, 5.41) is 3.64. The molecule has 0 fully saturated rings. The van der Waals surface area contributed by atoms with Crippen molar-refractivity contribution in [1.29, 1.82) is 0 Å². The number of azide groups is 1. The molecule has 94 valence electrons. The summed E-state index contributed by atoms with van der Waals surface area (Å²) in [5.41, 5.74) is 10.9. The fourth-order valence-corrected chi connectivity index (χ4v) is 1.84. The number of rotatable bonds is 3. The largest absolute Gasteiger partial charge is 0.465 e. The highest BCUT2D eigenvalue weighted by Crippen LogP contribution is 2.32. The lowest BCUT2D eigenvalue weighted by Crippen LogP contribution is -2.03. The molecule has 19 heavy (non-hydrogen) atoms. The first-order valence-corrected chi connectivity index (χ1v) is 5.59. The van der Waals surface area contributed by atoms with Gasteiger partial charge in [0.1, 0.15) is 0 Å². The second-order valence-corrected chi connectivity index (χ2v) is 3.74. The molecule has 0 aliphatic rings. The quantitative estimate of drug-likeness (QED) is 0.357. The lowest BCUT2D eigenvalue weighted by Gasteiger charge is -2.09. The molecule has 0 saturated heterocycles. The van der Waals surface area contributed by atoms with Crippen molar-refractivity contribution in [2.75, 3.05) is 7.11 Å². The summed E-state index contributed by atoms with van der Waals surface area (Å²) < 4.78 is 4.76. The van der Waals surface area contributed by atoms with E-state index in [-0.39, 0.29) is 0 Å². The maximum Gasteiger partial charge on any atom is 0.338 e. The first-order valence-electron chi connectivity index (χ1n) is 5.59. The highest BCUT2D eigenvalue weighted by molar-refractivity contribution is 5.98. The number of carbonyl (C=O) groups excluding carboxylic acids is 1. The van der Waals surface area contributed by atoms with Gasteiger partial charge in [0.2, 0.25) is 0 Å². The van der Waals surface area contributed by atoms with Crippen molar-refractivity contribution < 1.29 is 9.53 Å². The molecule has 0 bridgehead atoms. The third-order valence-corrected chi connectivity index (χ3v) is 2.68. The van der Waals surface area contributed by atoms with Crippen LogP contribution in [0.1, 0.15) is 10.4 Å². The number of methoxy groups -OCH3 is 1. The van der Waals surface area contributed by atoms with Crippen LogP contribution in [0, 0.1) is 0 Å². The molecular weight excluding hydrogens is 242 g/mol. The fraction of sp³-hybridized carbons (Fsp3) is 0.0714. The first kappa shape index (κ1) is 12.7. The van der Waals surface area contributed by atoms with Crippen molar-refractivity contribution in [3.63, 3.8) is 0 Å². The third kappa shape index (κ3) is 2.56. The lowest BCUT2D eigenvalue weighted by molar-refractivity contribution is 0.0601. The van der Waals surface area contributed by atoms with Gasteiger partial charge in [-0.2, -0.15) is 0 Å². The Balaban J connectivity index is 2.66. The lowest BCUT2D eigenvalue weighted by atomic mass is 9.98. The van der Waals surface area contributed by atoms with Crippen LogP contribution in [-0.2, 0) is 4.74 Å². The average molecular weight is 253 g/mol. The zero-order valence-corrected chi connectivity index (χ0v) is 10.3. The Morgan fingerprint density at radius 3 is 2.42 bits per heavy atom. The zero-order valence-electron chi connectivity index (χ0n) is 10.3. The van der Waals surface area contributed by atoms with Crippen molar-refractivity contribution in [3.05, 3.63) is 64.5 Å². The van der Waals surface area contributed by atoms with Gasteiger partial charge in [0.25, 0.3) is 0 Å².